The summed E-state index contributed by atoms with van der Waals surface area (Å²) in [6.45, 7) is 2.46. The zero-order valence-electron chi connectivity index (χ0n) is 14.4. The second-order valence-corrected chi connectivity index (χ2v) is 6.95. The normalized spacial score (nSPS) is 19.0. The molecule has 1 unspecified atom stereocenters. The van der Waals surface area contributed by atoms with Crippen molar-refractivity contribution in [1.82, 2.24) is 4.90 Å². The van der Waals surface area contributed by atoms with Gasteiger partial charge in [0.2, 0.25) is 0 Å². The van der Waals surface area contributed by atoms with Crippen molar-refractivity contribution in [3.63, 3.8) is 0 Å². The standard InChI is InChI=1S/C20H22F4N2/c21-16-3-1-2-13(8-16)14-4-6-26(12-14)7-5-17(25)9-15-10-19(23)20(24)11-18(15)22/h1-3,8,10-11,14,17H,4-7,9,12,25H2/t14?,17-/m0/s1. The van der Waals surface area contributed by atoms with Gasteiger partial charge >= 0.3 is 0 Å². The van der Waals surface area contributed by atoms with Crippen molar-refractivity contribution in [3.8, 4) is 0 Å². The summed E-state index contributed by atoms with van der Waals surface area (Å²) in [5.41, 5.74) is 7.14. The Morgan fingerprint density at radius 1 is 1.04 bits per heavy atom. The largest absolute Gasteiger partial charge is 0.327 e. The fraction of sp³-hybridized carbons (Fsp3) is 0.400. The highest BCUT2D eigenvalue weighted by molar-refractivity contribution is 5.22. The van der Waals surface area contributed by atoms with Crippen molar-refractivity contribution < 1.29 is 17.6 Å². The van der Waals surface area contributed by atoms with E-state index in [4.69, 9.17) is 5.73 Å². The minimum absolute atomic E-state index is 0.0930. The molecule has 1 aliphatic heterocycles. The number of hydrogen-bond acceptors (Lipinski definition) is 2. The molecule has 1 aliphatic rings. The average molecular weight is 366 g/mol. The SMILES string of the molecule is N[C@@H](CCN1CCC(c2cccc(F)c2)C1)Cc1cc(F)c(F)cc1F. The smallest absolute Gasteiger partial charge is 0.161 e. The molecule has 3 rings (SSSR count). The number of benzene rings is 2. The lowest BCUT2D eigenvalue weighted by Crippen LogP contribution is -2.31. The van der Waals surface area contributed by atoms with Gasteiger partial charge in [-0.3, -0.25) is 0 Å². The number of nitrogens with zero attached hydrogens (tertiary/aromatic N) is 1. The quantitative estimate of drug-likeness (QED) is 0.619. The number of halogens is 4. The summed E-state index contributed by atoms with van der Waals surface area (Å²) in [4.78, 5) is 2.25. The van der Waals surface area contributed by atoms with Crippen LogP contribution in [-0.4, -0.2) is 30.6 Å². The molecule has 1 heterocycles. The Morgan fingerprint density at radius 3 is 2.58 bits per heavy atom. The molecule has 0 saturated carbocycles. The molecule has 2 aromatic rings. The van der Waals surface area contributed by atoms with Crippen LogP contribution in [0.1, 0.15) is 29.9 Å². The van der Waals surface area contributed by atoms with Crippen LogP contribution < -0.4 is 5.73 Å². The molecular weight excluding hydrogens is 344 g/mol. The van der Waals surface area contributed by atoms with E-state index < -0.39 is 17.5 Å². The van der Waals surface area contributed by atoms with Gasteiger partial charge in [-0.25, -0.2) is 17.6 Å². The molecule has 2 nitrogen and oxygen atoms in total. The maximum absolute atomic E-state index is 13.7. The van der Waals surface area contributed by atoms with Crippen LogP contribution in [0.2, 0.25) is 0 Å². The van der Waals surface area contributed by atoms with Gasteiger partial charge in [-0.05, 0) is 67.6 Å². The van der Waals surface area contributed by atoms with Gasteiger partial charge in [0.25, 0.3) is 0 Å². The van der Waals surface area contributed by atoms with E-state index in [-0.39, 0.29) is 23.8 Å². The second kappa shape index (κ2) is 8.18. The third-order valence-electron chi connectivity index (χ3n) is 4.98. The van der Waals surface area contributed by atoms with E-state index in [0.29, 0.717) is 18.4 Å². The topological polar surface area (TPSA) is 29.3 Å². The first-order valence-electron chi connectivity index (χ1n) is 8.79. The van der Waals surface area contributed by atoms with Crippen molar-refractivity contribution in [3.05, 3.63) is 70.8 Å². The summed E-state index contributed by atoms with van der Waals surface area (Å²) < 4.78 is 53.3. The third kappa shape index (κ3) is 4.62. The lowest BCUT2D eigenvalue weighted by Gasteiger charge is -2.19. The van der Waals surface area contributed by atoms with Crippen LogP contribution in [0.25, 0.3) is 0 Å². The summed E-state index contributed by atoms with van der Waals surface area (Å²) in [5.74, 6) is -2.96. The maximum Gasteiger partial charge on any atom is 0.161 e. The van der Waals surface area contributed by atoms with Gasteiger partial charge in [-0.1, -0.05) is 12.1 Å². The Balaban J connectivity index is 1.49. The van der Waals surface area contributed by atoms with Crippen LogP contribution in [0.15, 0.2) is 36.4 Å². The van der Waals surface area contributed by atoms with E-state index in [1.165, 1.54) is 6.07 Å². The Hall–Kier alpha value is -1.92. The van der Waals surface area contributed by atoms with Crippen molar-refractivity contribution >= 4 is 0 Å². The molecule has 6 heteroatoms. The van der Waals surface area contributed by atoms with Gasteiger partial charge < -0.3 is 10.6 Å². The highest BCUT2D eigenvalue weighted by atomic mass is 19.2. The predicted molar refractivity (Wildman–Crippen MR) is 92.8 cm³/mol. The maximum atomic E-state index is 13.7. The number of hydrogen-bond donors (Lipinski definition) is 1. The molecule has 0 bridgehead atoms. The number of likely N-dealkylation sites (tertiary alicyclic amines) is 1. The van der Waals surface area contributed by atoms with Crippen LogP contribution in [-0.2, 0) is 6.42 Å². The van der Waals surface area contributed by atoms with Gasteiger partial charge in [0.15, 0.2) is 11.6 Å². The first kappa shape index (κ1) is 18.9. The van der Waals surface area contributed by atoms with Crippen molar-refractivity contribution in [2.24, 2.45) is 5.73 Å². The molecule has 0 aromatic heterocycles. The van der Waals surface area contributed by atoms with Crippen LogP contribution in [0, 0.1) is 23.3 Å². The highest BCUT2D eigenvalue weighted by Crippen LogP contribution is 2.27. The summed E-state index contributed by atoms with van der Waals surface area (Å²) in [6.07, 6.45) is 1.73. The fourth-order valence-corrected chi connectivity index (χ4v) is 3.52. The van der Waals surface area contributed by atoms with Gasteiger partial charge in [-0.2, -0.15) is 0 Å². The van der Waals surface area contributed by atoms with Crippen molar-refractivity contribution in [1.29, 1.82) is 0 Å². The van der Waals surface area contributed by atoms with Crippen LogP contribution >= 0.6 is 0 Å². The summed E-state index contributed by atoms with van der Waals surface area (Å²) in [6, 6.07) is 7.76. The summed E-state index contributed by atoms with van der Waals surface area (Å²) in [5, 5.41) is 0. The first-order valence-corrected chi connectivity index (χ1v) is 8.79. The molecule has 26 heavy (non-hydrogen) atoms. The van der Waals surface area contributed by atoms with E-state index in [1.54, 1.807) is 12.1 Å². The van der Waals surface area contributed by atoms with Crippen molar-refractivity contribution in [2.45, 2.75) is 31.2 Å². The summed E-state index contributed by atoms with van der Waals surface area (Å²) >= 11 is 0. The van der Waals surface area contributed by atoms with Crippen LogP contribution in [0.4, 0.5) is 17.6 Å². The van der Waals surface area contributed by atoms with Gasteiger partial charge in [0, 0.05) is 18.7 Å². The van der Waals surface area contributed by atoms with E-state index in [2.05, 4.69) is 4.90 Å². The Labute approximate surface area is 150 Å². The van der Waals surface area contributed by atoms with E-state index in [0.717, 1.165) is 37.7 Å². The van der Waals surface area contributed by atoms with E-state index >= 15 is 0 Å². The lowest BCUT2D eigenvalue weighted by molar-refractivity contribution is 0.316. The second-order valence-electron chi connectivity index (χ2n) is 6.95. The molecule has 2 atom stereocenters. The number of nitrogens with two attached hydrogens (primary N) is 1. The molecule has 2 N–H and O–H groups in total. The zero-order valence-corrected chi connectivity index (χ0v) is 14.4. The van der Waals surface area contributed by atoms with Crippen LogP contribution in [0.3, 0.4) is 0 Å². The Bertz CT molecular complexity index is 765. The van der Waals surface area contributed by atoms with Crippen molar-refractivity contribution in [2.75, 3.05) is 19.6 Å². The van der Waals surface area contributed by atoms with Gasteiger partial charge in [0.05, 0.1) is 0 Å². The molecule has 2 aromatic carbocycles. The van der Waals surface area contributed by atoms with Gasteiger partial charge in [-0.15, -0.1) is 0 Å². The minimum Gasteiger partial charge on any atom is -0.327 e. The molecule has 0 amide bonds. The molecule has 1 saturated heterocycles. The predicted octanol–water partition coefficient (Wildman–Crippen LogP) is 3.99. The lowest BCUT2D eigenvalue weighted by atomic mass is 9.98. The van der Waals surface area contributed by atoms with Gasteiger partial charge in [0.1, 0.15) is 11.6 Å². The Morgan fingerprint density at radius 2 is 1.81 bits per heavy atom. The minimum atomic E-state index is -1.19. The molecular formula is C20H22F4N2. The first-order chi connectivity index (χ1) is 12.4. The number of rotatable bonds is 6. The van der Waals surface area contributed by atoms with Crippen LogP contribution in [0.5, 0.6) is 0 Å². The zero-order chi connectivity index (χ0) is 18.7. The molecule has 0 spiro atoms. The molecule has 140 valence electrons. The van der Waals surface area contributed by atoms with E-state index in [9.17, 15) is 17.6 Å². The Kier molecular flexibility index (Phi) is 5.94. The fourth-order valence-electron chi connectivity index (χ4n) is 3.52. The third-order valence-corrected chi connectivity index (χ3v) is 4.98. The van der Waals surface area contributed by atoms with E-state index in [1.807, 2.05) is 6.07 Å². The highest BCUT2D eigenvalue weighted by Gasteiger charge is 2.24. The average Bonchev–Trinajstić information content (AvgIpc) is 3.07. The summed E-state index contributed by atoms with van der Waals surface area (Å²) in [7, 11) is 0. The molecule has 1 fully saturated rings. The molecule has 0 aliphatic carbocycles. The monoisotopic (exact) mass is 366 g/mol. The molecule has 0 radical (unpaired) electrons.